The molecule has 11 N–H and O–H groups in total. The molecule has 4 aliphatic rings. The lowest BCUT2D eigenvalue weighted by Crippen LogP contribution is -2.56. The number of primary amides is 1. The Morgan fingerprint density at radius 1 is 0.877 bits per heavy atom. The second-order valence-corrected chi connectivity index (χ2v) is 20.2. The van der Waals surface area contributed by atoms with Gasteiger partial charge in [0.05, 0.1) is 78.5 Å². The van der Waals surface area contributed by atoms with Gasteiger partial charge < -0.3 is 62.3 Å². The molecule has 1 saturated heterocycles. The topological polar surface area (TPSA) is 383 Å². The summed E-state index contributed by atoms with van der Waals surface area (Å²) in [5.41, 5.74) is 5.89. The summed E-state index contributed by atoms with van der Waals surface area (Å²) in [6.07, 6.45) is -3.50. The fraction of sp³-hybridized carbons (Fsp3) is 0.553. The smallest absolute Gasteiger partial charge is 0.253 e. The highest BCUT2D eigenvalue weighted by molar-refractivity contribution is 7.85. The van der Waals surface area contributed by atoms with Gasteiger partial charge in [-0.1, -0.05) is 27.2 Å². The van der Waals surface area contributed by atoms with E-state index in [4.69, 9.17) is 10.5 Å². The summed E-state index contributed by atoms with van der Waals surface area (Å²) in [4.78, 5) is 155. The first-order valence-electron chi connectivity index (χ1n) is 23.8. The first-order chi connectivity index (χ1) is 34.6. The second kappa shape index (κ2) is 24.2. The summed E-state index contributed by atoms with van der Waals surface area (Å²) in [5, 5.41) is 44.4. The first-order valence-corrected chi connectivity index (χ1v) is 25.2. The molecule has 0 radical (unpaired) electrons. The number of ether oxygens (including phenoxy) is 1. The maximum atomic E-state index is 14.9. The molecule has 0 saturated carbocycles. The van der Waals surface area contributed by atoms with Crippen LogP contribution in [0.2, 0.25) is 0 Å². The highest BCUT2D eigenvalue weighted by atomic mass is 32.2. The maximum absolute atomic E-state index is 14.9. The molecule has 26 heteroatoms. The molecule has 1 aromatic heterocycles. The van der Waals surface area contributed by atoms with E-state index in [9.17, 15) is 72.3 Å². The van der Waals surface area contributed by atoms with Crippen molar-refractivity contribution < 1.29 is 77.0 Å². The fourth-order valence-electron chi connectivity index (χ4n) is 9.26. The number of aromatic nitrogens is 1. The number of carbonyl (C=O) groups is 11. The highest BCUT2D eigenvalue weighted by Crippen LogP contribution is 2.32. The molecule has 25 nitrogen and oxygen atoms in total. The van der Waals surface area contributed by atoms with Gasteiger partial charge in [0, 0.05) is 68.2 Å². The van der Waals surface area contributed by atoms with Crippen LogP contribution in [0.25, 0.3) is 10.9 Å². The van der Waals surface area contributed by atoms with Gasteiger partial charge in [0.25, 0.3) is 11.8 Å². The summed E-state index contributed by atoms with van der Waals surface area (Å²) in [7, 11) is -2.39. The van der Waals surface area contributed by atoms with Crippen LogP contribution in [0.5, 0.6) is 5.75 Å². The first kappa shape index (κ1) is 55.4. The van der Waals surface area contributed by atoms with Gasteiger partial charge in [0.15, 0.2) is 11.6 Å². The Hall–Kier alpha value is -6.90. The second-order valence-electron chi connectivity index (χ2n) is 18.7. The molecule has 1 aromatic carbocycles. The van der Waals surface area contributed by atoms with E-state index in [1.54, 1.807) is 13.8 Å². The minimum Gasteiger partial charge on any atom is -0.492 e. The zero-order valence-electron chi connectivity index (χ0n) is 40.4. The van der Waals surface area contributed by atoms with Crippen molar-refractivity contribution >= 4 is 86.4 Å². The molecule has 11 unspecified atom stereocenters. The number of nitrogens with one attached hydrogen (secondary N) is 6. The molecule has 2 bridgehead atoms. The van der Waals surface area contributed by atoms with Gasteiger partial charge in [-0.15, -0.1) is 0 Å². The van der Waals surface area contributed by atoms with Crippen molar-refractivity contribution in [3.63, 3.8) is 0 Å². The van der Waals surface area contributed by atoms with Crippen LogP contribution in [0.4, 0.5) is 0 Å². The number of aromatic amines is 1. The monoisotopic (exact) mass is 1040 g/mol. The van der Waals surface area contributed by atoms with Gasteiger partial charge in [0.1, 0.15) is 29.5 Å². The number of hydrogen-bond donors (Lipinski definition) is 10. The Balaban J connectivity index is 1.52. The third-order valence-corrected chi connectivity index (χ3v) is 15.1. The van der Waals surface area contributed by atoms with E-state index in [1.807, 2.05) is 0 Å². The number of rotatable bonds is 11. The number of Topliss-reactive ketones (excluding diaryl/α,β-unsaturated/α-hetero) is 2. The van der Waals surface area contributed by atoms with Gasteiger partial charge in [0.2, 0.25) is 41.4 Å². The third kappa shape index (κ3) is 13.4. The van der Waals surface area contributed by atoms with Gasteiger partial charge in [-0.05, 0) is 29.5 Å². The van der Waals surface area contributed by atoms with E-state index in [-0.39, 0.29) is 46.8 Å². The van der Waals surface area contributed by atoms with Crippen LogP contribution in [-0.4, -0.2) is 181 Å². The molecule has 396 valence electrons. The van der Waals surface area contributed by atoms with Crippen molar-refractivity contribution in [3.8, 4) is 5.75 Å². The summed E-state index contributed by atoms with van der Waals surface area (Å²) in [6.45, 7) is 1.65. The van der Waals surface area contributed by atoms with Crippen molar-refractivity contribution in [1.82, 2.24) is 41.4 Å². The van der Waals surface area contributed by atoms with Crippen LogP contribution in [-0.2, 0) is 70.0 Å². The molecule has 1 fully saturated rings. The van der Waals surface area contributed by atoms with E-state index in [0.717, 1.165) is 22.0 Å². The Morgan fingerprint density at radius 3 is 2.21 bits per heavy atom. The van der Waals surface area contributed by atoms with Crippen molar-refractivity contribution in [2.45, 2.75) is 101 Å². The van der Waals surface area contributed by atoms with Crippen molar-refractivity contribution in [2.24, 2.45) is 29.4 Å². The van der Waals surface area contributed by atoms with E-state index < -0.39 is 193 Å². The summed E-state index contributed by atoms with van der Waals surface area (Å²) < 4.78 is 20.8. The van der Waals surface area contributed by atoms with Gasteiger partial charge >= 0.3 is 0 Å². The van der Waals surface area contributed by atoms with Gasteiger partial charge in [-0.3, -0.25) is 61.8 Å². The Kier molecular flexibility index (Phi) is 18.4. The van der Waals surface area contributed by atoms with E-state index >= 15 is 0 Å². The van der Waals surface area contributed by atoms with E-state index in [1.165, 1.54) is 25.1 Å². The van der Waals surface area contributed by atoms with Crippen LogP contribution < -0.4 is 37.1 Å². The molecule has 5 heterocycles. The average molecular weight is 1040 g/mol. The standard InChI is InChI=1S/C47H61N9O16S/c1-4-22(2)42-45(69)50-17-38(63)51-32-21-73(71)46-29(27-6-5-26(14-30(27)53-46)72-10-9-55-40(65)7-8-41(55)66)15-31(44(68)49-18-39(64)54-42)52-43(67)28(23(3)36(61)20-57)16-35(60)33-13-25(58)19-56(33)47(70)24(11-34(32)59)12-37(48)62/h5-8,14,22-25,28,31-33,36,42,53,57-58,61H,4,9-13,15-21H2,1-3H3,(H2,48,62)(H,49,68)(H,50,69)(H,51,63)(H,52,67)(H,54,64). The van der Waals surface area contributed by atoms with Crippen molar-refractivity contribution in [3.05, 3.63) is 35.9 Å². The lowest BCUT2D eigenvalue weighted by atomic mass is 9.83. The number of amides is 9. The summed E-state index contributed by atoms with van der Waals surface area (Å²) in [6, 6.07) is -1.66. The Bertz CT molecular complexity index is 2580. The minimum absolute atomic E-state index is 0.0985. The number of fused-ring (bicyclic) bond motifs is 5. The number of aliphatic hydroxyl groups excluding tert-OH is 3. The predicted octanol–water partition coefficient (Wildman–Crippen LogP) is -4.14. The van der Waals surface area contributed by atoms with Crippen LogP contribution in [0.1, 0.15) is 58.4 Å². The largest absolute Gasteiger partial charge is 0.492 e. The molecule has 6 rings (SSSR count). The molecule has 4 aliphatic heterocycles. The summed E-state index contributed by atoms with van der Waals surface area (Å²) >= 11 is 0. The number of imide groups is 1. The van der Waals surface area contributed by atoms with Crippen LogP contribution in [0, 0.1) is 23.7 Å². The SMILES string of the molecule is CCC(C)C1NC(=O)CNC(=O)C2Cc3c([nH]c4cc(OCCN5C(=O)C=CC5=O)ccc34)S(=O)CC(NC(=O)CNC1=O)C(=O)CC(CC(N)=O)C(=O)N1CC(O)CC1C(=O)CC(C(C)C(O)CO)C(=O)N2. The zero-order valence-corrected chi connectivity index (χ0v) is 41.2. The molecule has 11 atom stereocenters. The minimum atomic E-state index is -2.39. The number of aliphatic hydroxyl groups is 3. The number of ketones is 2. The number of nitrogens with two attached hydrogens (primary N) is 1. The average Bonchev–Trinajstić information content (AvgIpc) is 4.03. The summed E-state index contributed by atoms with van der Waals surface area (Å²) in [5.74, 6) is -14.9. The number of benzene rings is 1. The third-order valence-electron chi connectivity index (χ3n) is 13.7. The van der Waals surface area contributed by atoms with Crippen molar-refractivity contribution in [1.29, 1.82) is 0 Å². The normalized spacial score (nSPS) is 27.6. The molecule has 0 spiro atoms. The zero-order chi connectivity index (χ0) is 53.4. The van der Waals surface area contributed by atoms with E-state index in [2.05, 4.69) is 31.6 Å². The predicted molar refractivity (Wildman–Crippen MR) is 254 cm³/mol. The number of nitrogens with zero attached hydrogens (tertiary/aromatic N) is 2. The number of hydrogen-bond acceptors (Lipinski definition) is 16. The highest BCUT2D eigenvalue weighted by Gasteiger charge is 2.45. The van der Waals surface area contributed by atoms with Gasteiger partial charge in [-0.2, -0.15) is 0 Å². The van der Waals surface area contributed by atoms with Crippen molar-refractivity contribution in [2.75, 3.05) is 45.1 Å². The molecule has 73 heavy (non-hydrogen) atoms. The number of H-pyrrole nitrogens is 1. The molecular weight excluding hydrogens is 979 g/mol. The van der Waals surface area contributed by atoms with Gasteiger partial charge in [-0.25, -0.2) is 0 Å². The fourth-order valence-corrected chi connectivity index (χ4v) is 10.7. The molecule has 9 amide bonds. The lowest BCUT2D eigenvalue weighted by molar-refractivity contribution is -0.145. The van der Waals surface area contributed by atoms with Crippen LogP contribution >= 0.6 is 0 Å². The Morgan fingerprint density at radius 2 is 1.55 bits per heavy atom. The van der Waals surface area contributed by atoms with Crippen LogP contribution in [0.15, 0.2) is 35.4 Å². The van der Waals surface area contributed by atoms with E-state index in [0.29, 0.717) is 6.42 Å². The lowest BCUT2D eigenvalue weighted by Gasteiger charge is -2.31. The molecular formula is C47H61N9O16S. The Labute approximate surface area is 420 Å². The number of carbonyl (C=O) groups excluding carboxylic acids is 11. The molecule has 2 aromatic rings. The molecule has 0 aliphatic carbocycles. The quantitative estimate of drug-likeness (QED) is 0.0956. The maximum Gasteiger partial charge on any atom is 0.253 e. The van der Waals surface area contributed by atoms with Crippen LogP contribution in [0.3, 0.4) is 0 Å².